The lowest BCUT2D eigenvalue weighted by Gasteiger charge is -2.36. The van der Waals surface area contributed by atoms with E-state index in [0.29, 0.717) is 0 Å². The molecule has 1 fully saturated rings. The Morgan fingerprint density at radius 1 is 1.14 bits per heavy atom. The Bertz CT molecular complexity index is 635. The van der Waals surface area contributed by atoms with Crippen molar-refractivity contribution in [2.24, 2.45) is 7.05 Å². The number of aromatic nitrogens is 2. The van der Waals surface area contributed by atoms with Crippen LogP contribution in [-0.4, -0.2) is 45.8 Å². The first-order chi connectivity index (χ1) is 10.8. The summed E-state index contributed by atoms with van der Waals surface area (Å²) >= 11 is 0. The summed E-state index contributed by atoms with van der Waals surface area (Å²) in [5, 5.41) is 13.7. The van der Waals surface area contributed by atoms with E-state index in [1.54, 1.807) is 0 Å². The second kappa shape index (κ2) is 6.73. The normalized spacial score (nSPS) is 18.0. The lowest BCUT2D eigenvalue weighted by Crippen LogP contribution is -2.47. The van der Waals surface area contributed by atoms with E-state index in [0.717, 1.165) is 38.3 Å². The van der Waals surface area contributed by atoms with Crippen molar-refractivity contribution in [1.82, 2.24) is 19.6 Å². The van der Waals surface area contributed by atoms with Gasteiger partial charge in [0.25, 0.3) is 0 Å². The van der Waals surface area contributed by atoms with E-state index in [-0.39, 0.29) is 6.04 Å². The number of hydrogen-bond acceptors (Lipinski definition) is 4. The zero-order valence-corrected chi connectivity index (χ0v) is 12.9. The maximum Gasteiger partial charge on any atom is 0.123 e. The van der Waals surface area contributed by atoms with Gasteiger partial charge >= 0.3 is 0 Å². The lowest BCUT2D eigenvalue weighted by molar-refractivity contribution is 0.107. The molecule has 0 N–H and O–H groups in total. The SMILES string of the molecule is Cn1nccc1CN1CCN(C(C#N)c2ccccc2)CC1. The summed E-state index contributed by atoms with van der Waals surface area (Å²) in [6.07, 6.45) is 1.84. The molecule has 5 heteroatoms. The van der Waals surface area contributed by atoms with Crippen LogP contribution in [0, 0.1) is 11.3 Å². The van der Waals surface area contributed by atoms with Gasteiger partial charge in [0.15, 0.2) is 0 Å². The predicted octanol–water partition coefficient (Wildman–Crippen LogP) is 1.80. The molecule has 1 aliphatic heterocycles. The van der Waals surface area contributed by atoms with Gasteiger partial charge in [-0.15, -0.1) is 0 Å². The third kappa shape index (κ3) is 3.19. The van der Waals surface area contributed by atoms with Crippen LogP contribution in [0.3, 0.4) is 0 Å². The minimum Gasteiger partial charge on any atom is -0.295 e. The molecule has 1 aromatic heterocycles. The highest BCUT2D eigenvalue weighted by molar-refractivity contribution is 5.24. The number of rotatable bonds is 4. The number of benzene rings is 1. The molecule has 1 unspecified atom stereocenters. The molecular formula is C17H21N5. The molecule has 1 aliphatic rings. The average molecular weight is 295 g/mol. The van der Waals surface area contributed by atoms with Crippen LogP contribution in [0.1, 0.15) is 17.3 Å². The Morgan fingerprint density at radius 3 is 2.45 bits per heavy atom. The van der Waals surface area contributed by atoms with Gasteiger partial charge < -0.3 is 0 Å². The molecule has 0 radical (unpaired) electrons. The van der Waals surface area contributed by atoms with Crippen LogP contribution in [0.2, 0.25) is 0 Å². The molecule has 2 heterocycles. The van der Waals surface area contributed by atoms with Crippen LogP contribution in [0.25, 0.3) is 0 Å². The third-order valence-corrected chi connectivity index (χ3v) is 4.32. The van der Waals surface area contributed by atoms with Crippen molar-refractivity contribution in [3.63, 3.8) is 0 Å². The van der Waals surface area contributed by atoms with Crippen LogP contribution >= 0.6 is 0 Å². The Labute approximate surface area is 131 Å². The van der Waals surface area contributed by atoms with E-state index in [2.05, 4.69) is 27.0 Å². The molecule has 2 aromatic rings. The van der Waals surface area contributed by atoms with Gasteiger partial charge in [0.1, 0.15) is 6.04 Å². The molecule has 1 atom stereocenters. The Hall–Kier alpha value is -2.16. The smallest absolute Gasteiger partial charge is 0.123 e. The first-order valence-corrected chi connectivity index (χ1v) is 7.66. The maximum absolute atomic E-state index is 9.52. The summed E-state index contributed by atoms with van der Waals surface area (Å²) in [7, 11) is 1.98. The lowest BCUT2D eigenvalue weighted by atomic mass is 10.1. The largest absolute Gasteiger partial charge is 0.295 e. The number of piperazine rings is 1. The van der Waals surface area contributed by atoms with E-state index in [1.165, 1.54) is 5.69 Å². The fourth-order valence-electron chi connectivity index (χ4n) is 2.97. The molecule has 0 aliphatic carbocycles. The molecule has 0 bridgehead atoms. The molecule has 3 rings (SSSR count). The van der Waals surface area contributed by atoms with E-state index in [4.69, 9.17) is 0 Å². The van der Waals surface area contributed by atoms with Crippen LogP contribution < -0.4 is 0 Å². The predicted molar refractivity (Wildman–Crippen MR) is 84.9 cm³/mol. The van der Waals surface area contributed by atoms with Gasteiger partial charge in [-0.1, -0.05) is 30.3 Å². The minimum atomic E-state index is -0.139. The number of nitriles is 1. The molecule has 22 heavy (non-hydrogen) atoms. The fraction of sp³-hybridized carbons (Fsp3) is 0.412. The molecule has 0 saturated carbocycles. The van der Waals surface area contributed by atoms with Crippen LogP contribution in [0.4, 0.5) is 0 Å². The third-order valence-electron chi connectivity index (χ3n) is 4.32. The molecule has 114 valence electrons. The van der Waals surface area contributed by atoms with Gasteiger partial charge in [-0.05, 0) is 11.6 Å². The average Bonchev–Trinajstić information content (AvgIpc) is 2.96. The quantitative estimate of drug-likeness (QED) is 0.863. The zero-order valence-electron chi connectivity index (χ0n) is 12.9. The molecule has 0 amide bonds. The highest BCUT2D eigenvalue weighted by atomic mass is 15.3. The van der Waals surface area contributed by atoms with Crippen molar-refractivity contribution >= 4 is 0 Å². The van der Waals surface area contributed by atoms with Crippen molar-refractivity contribution in [3.8, 4) is 6.07 Å². The van der Waals surface area contributed by atoms with Gasteiger partial charge in [-0.25, -0.2) is 0 Å². The van der Waals surface area contributed by atoms with Crippen molar-refractivity contribution in [1.29, 1.82) is 5.26 Å². The highest BCUT2D eigenvalue weighted by Gasteiger charge is 2.25. The van der Waals surface area contributed by atoms with Gasteiger partial charge in [-0.3, -0.25) is 14.5 Å². The van der Waals surface area contributed by atoms with E-state index < -0.39 is 0 Å². The summed E-state index contributed by atoms with van der Waals surface area (Å²) in [5.41, 5.74) is 2.32. The monoisotopic (exact) mass is 295 g/mol. The van der Waals surface area contributed by atoms with Crippen molar-refractivity contribution in [2.45, 2.75) is 12.6 Å². The van der Waals surface area contributed by atoms with Gasteiger partial charge in [0.05, 0.1) is 11.8 Å². The van der Waals surface area contributed by atoms with E-state index >= 15 is 0 Å². The number of hydrogen-bond donors (Lipinski definition) is 0. The first kappa shape index (κ1) is 14.8. The van der Waals surface area contributed by atoms with Crippen molar-refractivity contribution in [3.05, 3.63) is 53.9 Å². The summed E-state index contributed by atoms with van der Waals surface area (Å²) in [5.74, 6) is 0. The molecule has 0 spiro atoms. The van der Waals surface area contributed by atoms with Gasteiger partial charge in [0, 0.05) is 46.0 Å². The van der Waals surface area contributed by atoms with Crippen molar-refractivity contribution in [2.75, 3.05) is 26.2 Å². The zero-order chi connectivity index (χ0) is 15.4. The molecule has 5 nitrogen and oxygen atoms in total. The Kier molecular flexibility index (Phi) is 4.52. The van der Waals surface area contributed by atoms with Crippen LogP contribution in [0.15, 0.2) is 42.6 Å². The summed E-state index contributed by atoms with van der Waals surface area (Å²) in [6, 6.07) is 14.4. The molecule has 1 saturated heterocycles. The molecule has 1 aromatic carbocycles. The number of nitrogens with zero attached hydrogens (tertiary/aromatic N) is 5. The van der Waals surface area contributed by atoms with E-state index in [9.17, 15) is 5.26 Å². The Balaban J connectivity index is 1.59. The topological polar surface area (TPSA) is 48.1 Å². The van der Waals surface area contributed by atoms with Gasteiger partial charge in [-0.2, -0.15) is 10.4 Å². The van der Waals surface area contributed by atoms with E-state index in [1.807, 2.05) is 48.3 Å². The minimum absolute atomic E-state index is 0.139. The van der Waals surface area contributed by atoms with Crippen LogP contribution in [0.5, 0.6) is 0 Å². The maximum atomic E-state index is 9.52. The summed E-state index contributed by atoms with van der Waals surface area (Å²) < 4.78 is 1.93. The standard InChI is InChI=1S/C17H21N5/c1-20-16(7-8-19-20)14-21-9-11-22(12-10-21)17(13-18)15-5-3-2-4-6-15/h2-8,17H,9-12,14H2,1H3. The first-order valence-electron chi connectivity index (χ1n) is 7.66. The summed E-state index contributed by atoms with van der Waals surface area (Å²) in [6.45, 7) is 4.73. The van der Waals surface area contributed by atoms with Gasteiger partial charge in [0.2, 0.25) is 0 Å². The second-order valence-electron chi connectivity index (χ2n) is 5.70. The van der Waals surface area contributed by atoms with Crippen LogP contribution in [-0.2, 0) is 13.6 Å². The molecular weight excluding hydrogens is 274 g/mol. The van der Waals surface area contributed by atoms with Crippen molar-refractivity contribution < 1.29 is 0 Å². The number of aryl methyl sites for hydroxylation is 1. The fourth-order valence-corrected chi connectivity index (χ4v) is 2.97. The highest BCUT2D eigenvalue weighted by Crippen LogP contribution is 2.21. The second-order valence-corrected chi connectivity index (χ2v) is 5.70. The Morgan fingerprint density at radius 2 is 1.86 bits per heavy atom. The summed E-state index contributed by atoms with van der Waals surface area (Å²) in [4.78, 5) is 4.70.